The summed E-state index contributed by atoms with van der Waals surface area (Å²) in [6.07, 6.45) is 0. The summed E-state index contributed by atoms with van der Waals surface area (Å²) < 4.78 is 10.3. The quantitative estimate of drug-likeness (QED) is 0.738. The first-order valence-corrected chi connectivity index (χ1v) is 5.83. The van der Waals surface area contributed by atoms with Crippen molar-refractivity contribution < 1.29 is 19.1 Å². The molecule has 0 aliphatic carbocycles. The van der Waals surface area contributed by atoms with E-state index in [-0.39, 0.29) is 11.8 Å². The Morgan fingerprint density at radius 1 is 1.05 bits per heavy atom. The van der Waals surface area contributed by atoms with Gasteiger partial charge >= 0.3 is 0 Å². The highest BCUT2D eigenvalue weighted by atomic mass is 16.5. The van der Waals surface area contributed by atoms with Gasteiger partial charge in [-0.25, -0.2) is 0 Å². The predicted octanol–water partition coefficient (Wildman–Crippen LogP) is 0.570. The van der Waals surface area contributed by atoms with E-state index in [4.69, 9.17) is 9.47 Å². The van der Waals surface area contributed by atoms with Gasteiger partial charge in [-0.3, -0.25) is 9.59 Å². The second-order valence-electron chi connectivity index (χ2n) is 3.78. The van der Waals surface area contributed by atoms with E-state index in [2.05, 4.69) is 10.6 Å². The van der Waals surface area contributed by atoms with Crippen LogP contribution in [0.5, 0.6) is 11.5 Å². The van der Waals surface area contributed by atoms with Crippen molar-refractivity contribution in [1.29, 1.82) is 0 Å². The lowest BCUT2D eigenvalue weighted by molar-refractivity contribution is -0.118. The van der Waals surface area contributed by atoms with Crippen LogP contribution in [0.2, 0.25) is 0 Å². The molecule has 0 atom stereocenters. The van der Waals surface area contributed by atoms with Gasteiger partial charge < -0.3 is 20.1 Å². The van der Waals surface area contributed by atoms with Gasteiger partial charge in [-0.2, -0.15) is 0 Å². The van der Waals surface area contributed by atoms with Crippen LogP contribution in [0.25, 0.3) is 0 Å². The number of hydrogen-bond donors (Lipinski definition) is 2. The lowest BCUT2D eigenvalue weighted by Crippen LogP contribution is -2.33. The van der Waals surface area contributed by atoms with Crippen LogP contribution in [0.3, 0.4) is 0 Å². The topological polar surface area (TPSA) is 76.7 Å². The Morgan fingerprint density at radius 3 is 2.05 bits per heavy atom. The minimum absolute atomic E-state index is 0.135. The molecule has 0 heterocycles. The number of methoxy groups -OCH3 is 2. The van der Waals surface area contributed by atoms with E-state index in [0.717, 1.165) is 0 Å². The van der Waals surface area contributed by atoms with Crippen LogP contribution in [-0.4, -0.2) is 39.1 Å². The lowest BCUT2D eigenvalue weighted by atomic mass is 10.1. The summed E-state index contributed by atoms with van der Waals surface area (Å²) in [5.41, 5.74) is 0.343. The molecule has 0 unspecified atom stereocenters. The molecule has 0 saturated heterocycles. The van der Waals surface area contributed by atoms with Crippen LogP contribution in [0, 0.1) is 0 Å². The number of rotatable bonds is 6. The second-order valence-corrected chi connectivity index (χ2v) is 3.78. The number of hydrogen-bond acceptors (Lipinski definition) is 4. The average Bonchev–Trinajstić information content (AvgIpc) is 2.42. The molecule has 104 valence electrons. The zero-order valence-corrected chi connectivity index (χ0v) is 11.3. The third-order valence-corrected chi connectivity index (χ3v) is 2.44. The lowest BCUT2D eigenvalue weighted by Gasteiger charge is -2.13. The van der Waals surface area contributed by atoms with Crippen LogP contribution < -0.4 is 20.1 Å². The van der Waals surface area contributed by atoms with Crippen molar-refractivity contribution >= 4 is 11.8 Å². The maximum atomic E-state index is 12.1. The van der Waals surface area contributed by atoms with Crippen LogP contribution >= 0.6 is 0 Å². The fourth-order valence-corrected chi connectivity index (χ4v) is 1.58. The zero-order chi connectivity index (χ0) is 14.3. The molecule has 1 aromatic carbocycles. The number of benzene rings is 1. The molecular formula is C13H18N2O4. The molecule has 1 rings (SSSR count). The zero-order valence-electron chi connectivity index (χ0n) is 11.3. The van der Waals surface area contributed by atoms with Gasteiger partial charge in [0.05, 0.1) is 14.2 Å². The van der Waals surface area contributed by atoms with Crippen molar-refractivity contribution in [3.63, 3.8) is 0 Å². The molecule has 6 nitrogen and oxygen atoms in total. The highest BCUT2D eigenvalue weighted by molar-refractivity contribution is 5.99. The summed E-state index contributed by atoms with van der Waals surface area (Å²) in [6.45, 7) is 2.13. The van der Waals surface area contributed by atoms with E-state index in [9.17, 15) is 9.59 Å². The van der Waals surface area contributed by atoms with Gasteiger partial charge in [-0.15, -0.1) is 0 Å². The smallest absolute Gasteiger partial charge is 0.258 e. The predicted molar refractivity (Wildman–Crippen MR) is 70.6 cm³/mol. The highest BCUT2D eigenvalue weighted by Gasteiger charge is 2.17. The SMILES string of the molecule is COc1cccc(OC)c1C(=O)NCCNC(C)=O. The number of nitrogens with one attached hydrogen (secondary N) is 2. The standard InChI is InChI=1S/C13H18N2O4/c1-9(16)14-7-8-15-13(17)12-10(18-2)5-4-6-11(12)19-3/h4-6H,7-8H2,1-3H3,(H,14,16)(H,15,17). The summed E-state index contributed by atoms with van der Waals surface area (Å²) in [5, 5.41) is 5.28. The molecule has 0 spiro atoms. The Labute approximate surface area is 112 Å². The molecule has 0 aliphatic rings. The van der Waals surface area contributed by atoms with Crippen LogP contribution in [0.4, 0.5) is 0 Å². The first kappa shape index (κ1) is 14.8. The van der Waals surface area contributed by atoms with E-state index in [0.29, 0.717) is 30.2 Å². The van der Waals surface area contributed by atoms with Gasteiger partial charge in [-0.05, 0) is 12.1 Å². The molecule has 19 heavy (non-hydrogen) atoms. The van der Waals surface area contributed by atoms with Gasteiger partial charge in [0, 0.05) is 20.0 Å². The maximum Gasteiger partial charge on any atom is 0.258 e. The fourth-order valence-electron chi connectivity index (χ4n) is 1.58. The van der Waals surface area contributed by atoms with Crippen molar-refractivity contribution in [3.8, 4) is 11.5 Å². The third-order valence-electron chi connectivity index (χ3n) is 2.44. The maximum absolute atomic E-state index is 12.1. The van der Waals surface area contributed by atoms with Crippen molar-refractivity contribution in [2.75, 3.05) is 27.3 Å². The summed E-state index contributed by atoms with van der Waals surface area (Å²) in [7, 11) is 2.98. The average molecular weight is 266 g/mol. The van der Waals surface area contributed by atoms with Crippen molar-refractivity contribution in [2.45, 2.75) is 6.92 Å². The van der Waals surface area contributed by atoms with E-state index >= 15 is 0 Å². The second kappa shape index (κ2) is 7.25. The monoisotopic (exact) mass is 266 g/mol. The van der Waals surface area contributed by atoms with Crippen molar-refractivity contribution in [1.82, 2.24) is 10.6 Å². The van der Waals surface area contributed by atoms with Gasteiger partial charge in [0.1, 0.15) is 17.1 Å². The van der Waals surface area contributed by atoms with Crippen LogP contribution in [-0.2, 0) is 4.79 Å². The molecular weight excluding hydrogens is 248 g/mol. The Hall–Kier alpha value is -2.24. The van der Waals surface area contributed by atoms with E-state index in [1.54, 1.807) is 18.2 Å². The summed E-state index contributed by atoms with van der Waals surface area (Å²) in [5.74, 6) is 0.441. The van der Waals surface area contributed by atoms with Gasteiger partial charge in [0.2, 0.25) is 5.91 Å². The number of amides is 2. The molecule has 0 radical (unpaired) electrons. The molecule has 0 fully saturated rings. The van der Waals surface area contributed by atoms with Crippen molar-refractivity contribution in [2.24, 2.45) is 0 Å². The summed E-state index contributed by atoms with van der Waals surface area (Å²) >= 11 is 0. The first-order valence-electron chi connectivity index (χ1n) is 5.83. The Balaban J connectivity index is 2.72. The Morgan fingerprint density at radius 2 is 1.58 bits per heavy atom. The minimum atomic E-state index is -0.306. The van der Waals surface area contributed by atoms with E-state index in [1.165, 1.54) is 21.1 Å². The van der Waals surface area contributed by atoms with Gasteiger partial charge in [0.25, 0.3) is 5.91 Å². The minimum Gasteiger partial charge on any atom is -0.496 e. The highest BCUT2D eigenvalue weighted by Crippen LogP contribution is 2.27. The number of carbonyl (C=O) groups is 2. The summed E-state index contributed by atoms with van der Waals surface area (Å²) in [4.78, 5) is 22.8. The molecule has 0 bridgehead atoms. The van der Waals surface area contributed by atoms with Crippen molar-refractivity contribution in [3.05, 3.63) is 23.8 Å². The van der Waals surface area contributed by atoms with E-state index in [1.807, 2.05) is 0 Å². The fraction of sp³-hybridized carbons (Fsp3) is 0.385. The normalized spacial score (nSPS) is 9.63. The van der Waals surface area contributed by atoms with Gasteiger partial charge in [-0.1, -0.05) is 6.07 Å². The van der Waals surface area contributed by atoms with E-state index < -0.39 is 0 Å². The molecule has 0 aromatic heterocycles. The molecule has 1 aromatic rings. The molecule has 0 saturated carbocycles. The van der Waals surface area contributed by atoms with Gasteiger partial charge in [0.15, 0.2) is 0 Å². The Kier molecular flexibility index (Phi) is 5.66. The number of ether oxygens (including phenoxy) is 2. The molecule has 2 amide bonds. The largest absolute Gasteiger partial charge is 0.496 e. The molecule has 2 N–H and O–H groups in total. The molecule has 6 heteroatoms. The number of carbonyl (C=O) groups excluding carboxylic acids is 2. The van der Waals surface area contributed by atoms with Crippen LogP contribution in [0.1, 0.15) is 17.3 Å². The Bertz CT molecular complexity index is 438. The third kappa shape index (κ3) is 4.17. The molecule has 0 aliphatic heterocycles. The summed E-state index contributed by atoms with van der Waals surface area (Å²) in [6, 6.07) is 5.11. The van der Waals surface area contributed by atoms with Crippen LogP contribution in [0.15, 0.2) is 18.2 Å². The first-order chi connectivity index (χ1) is 9.10.